The number of anilines is 1. The van der Waals surface area contributed by atoms with E-state index in [0.29, 0.717) is 5.88 Å². The van der Waals surface area contributed by atoms with Crippen LogP contribution < -0.4 is 10.1 Å². The van der Waals surface area contributed by atoms with Crippen LogP contribution >= 0.6 is 0 Å². The van der Waals surface area contributed by atoms with Crippen LogP contribution in [0.25, 0.3) is 10.8 Å². The maximum atomic E-state index is 12.1. The largest absolute Gasteiger partial charge is 0.466 e. The summed E-state index contributed by atoms with van der Waals surface area (Å²) in [4.78, 5) is 12.1. The van der Waals surface area contributed by atoms with Gasteiger partial charge in [0, 0.05) is 16.5 Å². The van der Waals surface area contributed by atoms with Crippen molar-refractivity contribution < 1.29 is 9.53 Å². The number of amides is 1. The highest BCUT2D eigenvalue weighted by molar-refractivity contribution is 5.92. The van der Waals surface area contributed by atoms with Gasteiger partial charge in [0.1, 0.15) is 0 Å². The molecule has 0 spiro atoms. The molecule has 0 radical (unpaired) electrons. The quantitative estimate of drug-likeness (QED) is 0.784. The lowest BCUT2D eigenvalue weighted by Gasteiger charge is -2.19. The molecule has 3 aromatic rings. The van der Waals surface area contributed by atoms with E-state index in [1.54, 1.807) is 6.20 Å². The van der Waals surface area contributed by atoms with Crippen molar-refractivity contribution in [2.75, 3.05) is 11.9 Å². The summed E-state index contributed by atoms with van der Waals surface area (Å²) >= 11 is 0. The van der Waals surface area contributed by atoms with Crippen LogP contribution in [-0.2, 0) is 10.2 Å². The second-order valence-corrected chi connectivity index (χ2v) is 6.90. The fourth-order valence-corrected chi connectivity index (χ4v) is 2.49. The minimum atomic E-state index is -0.238. The van der Waals surface area contributed by atoms with E-state index in [9.17, 15) is 4.79 Å². The van der Waals surface area contributed by atoms with Crippen molar-refractivity contribution in [2.24, 2.45) is 0 Å². The number of rotatable bonds is 4. The molecule has 5 nitrogen and oxygen atoms in total. The Morgan fingerprint density at radius 2 is 1.80 bits per heavy atom. The molecule has 1 heterocycles. The normalized spacial score (nSPS) is 11.3. The van der Waals surface area contributed by atoms with Crippen molar-refractivity contribution in [3.63, 3.8) is 0 Å². The van der Waals surface area contributed by atoms with E-state index < -0.39 is 0 Å². The number of nitrogens with one attached hydrogen (secondary N) is 1. The minimum Gasteiger partial charge on any atom is -0.466 e. The van der Waals surface area contributed by atoms with E-state index in [4.69, 9.17) is 4.74 Å². The minimum absolute atomic E-state index is 0.0820. The number of hydrogen-bond donors (Lipinski definition) is 1. The molecule has 1 amide bonds. The number of benzene rings is 2. The summed E-state index contributed by atoms with van der Waals surface area (Å²) in [6.45, 7) is 6.34. The van der Waals surface area contributed by atoms with Crippen molar-refractivity contribution in [3.8, 4) is 5.88 Å². The van der Waals surface area contributed by atoms with Gasteiger partial charge >= 0.3 is 0 Å². The third kappa shape index (κ3) is 4.12. The zero-order chi connectivity index (χ0) is 17.9. The number of fused-ring (bicyclic) bond motifs is 1. The number of nitrogens with zero attached hydrogens (tertiary/aromatic N) is 2. The Kier molecular flexibility index (Phi) is 4.65. The molecule has 0 saturated heterocycles. The Labute approximate surface area is 147 Å². The molecule has 0 atom stereocenters. The first-order valence-electron chi connectivity index (χ1n) is 8.17. The number of ether oxygens (including phenoxy) is 1. The van der Waals surface area contributed by atoms with Gasteiger partial charge in [-0.2, -0.15) is 5.10 Å². The van der Waals surface area contributed by atoms with Gasteiger partial charge in [-0.15, -0.1) is 5.10 Å². The maximum absolute atomic E-state index is 12.1. The summed E-state index contributed by atoms with van der Waals surface area (Å²) in [5.74, 6) is 0.120. The molecule has 0 saturated carbocycles. The highest BCUT2D eigenvalue weighted by Crippen LogP contribution is 2.24. The van der Waals surface area contributed by atoms with Gasteiger partial charge in [-0.25, -0.2) is 0 Å². The molecule has 3 rings (SSSR count). The molecule has 0 fully saturated rings. The molecule has 0 aliphatic carbocycles. The van der Waals surface area contributed by atoms with Crippen LogP contribution in [0.1, 0.15) is 26.3 Å². The number of hydrogen-bond acceptors (Lipinski definition) is 4. The van der Waals surface area contributed by atoms with E-state index in [-0.39, 0.29) is 17.9 Å². The van der Waals surface area contributed by atoms with E-state index in [1.165, 1.54) is 5.56 Å². The number of carbonyl (C=O) groups is 1. The average Bonchev–Trinajstić information content (AvgIpc) is 2.59. The first-order chi connectivity index (χ1) is 11.9. The Morgan fingerprint density at radius 1 is 1.08 bits per heavy atom. The SMILES string of the molecule is CC(C)(C)c1ccc(NC(=O)COc2nncc3ccccc23)cc1. The number of carbonyl (C=O) groups excluding carboxylic acids is 1. The molecule has 0 unspecified atom stereocenters. The van der Waals surface area contributed by atoms with Gasteiger partial charge in [0.15, 0.2) is 6.61 Å². The highest BCUT2D eigenvalue weighted by Gasteiger charge is 2.13. The van der Waals surface area contributed by atoms with Crippen molar-refractivity contribution >= 4 is 22.4 Å². The Morgan fingerprint density at radius 3 is 2.52 bits per heavy atom. The van der Waals surface area contributed by atoms with E-state index in [0.717, 1.165) is 16.5 Å². The third-order valence-corrected chi connectivity index (χ3v) is 3.91. The highest BCUT2D eigenvalue weighted by atomic mass is 16.5. The molecule has 1 N–H and O–H groups in total. The lowest BCUT2D eigenvalue weighted by atomic mass is 9.87. The molecule has 128 valence electrons. The third-order valence-electron chi connectivity index (χ3n) is 3.91. The van der Waals surface area contributed by atoms with Gasteiger partial charge in [-0.1, -0.05) is 51.1 Å². The molecule has 2 aromatic carbocycles. The van der Waals surface area contributed by atoms with Gasteiger partial charge in [-0.05, 0) is 29.2 Å². The van der Waals surface area contributed by atoms with Crippen molar-refractivity contribution in [3.05, 3.63) is 60.3 Å². The molecule has 25 heavy (non-hydrogen) atoms. The molecular weight excluding hydrogens is 314 g/mol. The van der Waals surface area contributed by atoms with Crippen molar-refractivity contribution in [1.29, 1.82) is 0 Å². The summed E-state index contributed by atoms with van der Waals surface area (Å²) in [7, 11) is 0. The molecule has 0 bridgehead atoms. The smallest absolute Gasteiger partial charge is 0.262 e. The lowest BCUT2D eigenvalue weighted by Crippen LogP contribution is -2.20. The van der Waals surface area contributed by atoms with Crippen LogP contribution in [0, 0.1) is 0 Å². The summed E-state index contributed by atoms with van der Waals surface area (Å²) < 4.78 is 5.55. The number of aromatic nitrogens is 2. The van der Waals surface area contributed by atoms with Crippen LogP contribution in [0.2, 0.25) is 0 Å². The predicted octanol–water partition coefficient (Wildman–Crippen LogP) is 3.94. The molecule has 5 heteroatoms. The summed E-state index contributed by atoms with van der Waals surface area (Å²) in [5.41, 5.74) is 2.04. The van der Waals surface area contributed by atoms with E-state index in [1.807, 2.05) is 48.5 Å². The Balaban J connectivity index is 1.63. The first-order valence-corrected chi connectivity index (χ1v) is 8.17. The zero-order valence-electron chi connectivity index (χ0n) is 14.6. The van der Waals surface area contributed by atoms with Crippen LogP contribution in [0.15, 0.2) is 54.7 Å². The van der Waals surface area contributed by atoms with Gasteiger partial charge in [0.25, 0.3) is 5.91 Å². The van der Waals surface area contributed by atoms with Crippen LogP contribution in [-0.4, -0.2) is 22.7 Å². The van der Waals surface area contributed by atoms with Gasteiger partial charge in [0.05, 0.1) is 6.20 Å². The average molecular weight is 335 g/mol. The topological polar surface area (TPSA) is 64.1 Å². The van der Waals surface area contributed by atoms with Gasteiger partial charge in [-0.3, -0.25) is 4.79 Å². The Bertz CT molecular complexity index is 878. The van der Waals surface area contributed by atoms with Crippen molar-refractivity contribution in [1.82, 2.24) is 10.2 Å². The van der Waals surface area contributed by atoms with Crippen LogP contribution in [0.3, 0.4) is 0 Å². The van der Waals surface area contributed by atoms with Crippen LogP contribution in [0.5, 0.6) is 5.88 Å². The Hall–Kier alpha value is -2.95. The van der Waals surface area contributed by atoms with Crippen LogP contribution in [0.4, 0.5) is 5.69 Å². The predicted molar refractivity (Wildman–Crippen MR) is 98.8 cm³/mol. The monoisotopic (exact) mass is 335 g/mol. The van der Waals surface area contributed by atoms with Gasteiger partial charge in [0.2, 0.25) is 5.88 Å². The zero-order valence-corrected chi connectivity index (χ0v) is 14.6. The van der Waals surface area contributed by atoms with Crippen molar-refractivity contribution in [2.45, 2.75) is 26.2 Å². The second-order valence-electron chi connectivity index (χ2n) is 6.90. The first kappa shape index (κ1) is 16.9. The standard InChI is InChI=1S/C20H21N3O2/c1-20(2,3)15-8-10-16(11-9-15)22-18(24)13-25-19-17-7-5-4-6-14(17)12-21-23-19/h4-12H,13H2,1-3H3,(H,22,24). The molecular formula is C20H21N3O2. The summed E-state index contributed by atoms with van der Waals surface area (Å²) in [5, 5.41) is 12.5. The second kappa shape index (κ2) is 6.89. The fourth-order valence-electron chi connectivity index (χ4n) is 2.49. The maximum Gasteiger partial charge on any atom is 0.262 e. The molecule has 0 aliphatic rings. The molecule has 0 aliphatic heterocycles. The fraction of sp³-hybridized carbons (Fsp3) is 0.250. The van der Waals surface area contributed by atoms with E-state index in [2.05, 4.69) is 36.3 Å². The summed E-state index contributed by atoms with van der Waals surface area (Å²) in [6.07, 6.45) is 1.67. The van der Waals surface area contributed by atoms with Gasteiger partial charge < -0.3 is 10.1 Å². The van der Waals surface area contributed by atoms with E-state index >= 15 is 0 Å². The lowest BCUT2D eigenvalue weighted by molar-refractivity contribution is -0.118. The molecule has 1 aromatic heterocycles. The summed E-state index contributed by atoms with van der Waals surface area (Å²) in [6, 6.07) is 15.5.